The Morgan fingerprint density at radius 1 is 1.27 bits per heavy atom. The molecule has 3 aromatic rings. The molecule has 0 bridgehead atoms. The van der Waals surface area contributed by atoms with Crippen LogP contribution in [0.4, 0.5) is 0 Å². The van der Waals surface area contributed by atoms with Gasteiger partial charge in [0.25, 0.3) is 5.91 Å². The number of benzene rings is 2. The molecule has 0 fully saturated rings. The Hall–Kier alpha value is -3.59. The number of para-hydroxylation sites is 2. The molecule has 0 radical (unpaired) electrons. The highest BCUT2D eigenvalue weighted by atomic mass is 16.5. The number of H-pyrrole nitrogens is 1. The van der Waals surface area contributed by atoms with Crippen LogP contribution in [0.2, 0.25) is 0 Å². The van der Waals surface area contributed by atoms with Crippen LogP contribution in [0.25, 0.3) is 22.7 Å². The lowest BCUT2D eigenvalue weighted by molar-refractivity contribution is -0.122. The van der Waals surface area contributed by atoms with Crippen molar-refractivity contribution in [1.29, 1.82) is 5.26 Å². The molecule has 0 saturated heterocycles. The van der Waals surface area contributed by atoms with Crippen molar-refractivity contribution in [2.75, 3.05) is 13.2 Å². The van der Waals surface area contributed by atoms with E-state index in [0.717, 1.165) is 16.6 Å². The second-order valence-corrected chi connectivity index (χ2v) is 5.58. The summed E-state index contributed by atoms with van der Waals surface area (Å²) in [6.07, 6.45) is 1.76. The summed E-state index contributed by atoms with van der Waals surface area (Å²) in [7, 11) is 0. The van der Waals surface area contributed by atoms with E-state index in [9.17, 15) is 10.1 Å². The number of nitrogens with zero attached hydrogens (tertiary/aromatic N) is 2. The number of likely N-dealkylation sites (N-methyl/N-ethyl adjacent to an activating group) is 1. The normalized spacial score (nSPS) is 11.2. The van der Waals surface area contributed by atoms with Gasteiger partial charge in [-0.3, -0.25) is 4.79 Å². The molecule has 1 aromatic heterocycles. The quantitative estimate of drug-likeness (QED) is 0.671. The highest BCUT2D eigenvalue weighted by Crippen LogP contribution is 2.20. The van der Waals surface area contributed by atoms with Crippen LogP contribution in [0, 0.1) is 11.3 Å². The first-order chi connectivity index (χ1) is 12.7. The molecule has 1 heterocycles. The van der Waals surface area contributed by atoms with Crippen LogP contribution in [0.15, 0.2) is 48.5 Å². The number of aromatic nitrogens is 2. The maximum absolute atomic E-state index is 11.4. The summed E-state index contributed by atoms with van der Waals surface area (Å²) in [6.45, 7) is 2.41. The van der Waals surface area contributed by atoms with Crippen LogP contribution in [0.5, 0.6) is 5.75 Å². The fourth-order valence-corrected chi connectivity index (χ4v) is 2.46. The van der Waals surface area contributed by atoms with Crippen molar-refractivity contribution in [2.45, 2.75) is 6.92 Å². The van der Waals surface area contributed by atoms with Gasteiger partial charge in [0.1, 0.15) is 17.6 Å². The van der Waals surface area contributed by atoms with E-state index in [1.807, 2.05) is 43.3 Å². The molecule has 0 aliphatic heterocycles. The van der Waals surface area contributed by atoms with E-state index in [1.165, 1.54) is 0 Å². The molecule has 2 N–H and O–H groups in total. The summed E-state index contributed by atoms with van der Waals surface area (Å²) < 4.78 is 5.41. The lowest BCUT2D eigenvalue weighted by Gasteiger charge is -2.06. The van der Waals surface area contributed by atoms with Gasteiger partial charge < -0.3 is 15.0 Å². The van der Waals surface area contributed by atoms with Crippen molar-refractivity contribution in [2.24, 2.45) is 0 Å². The molecule has 2 aromatic carbocycles. The Balaban J connectivity index is 1.75. The molecule has 130 valence electrons. The Bertz CT molecular complexity index is 948. The largest absolute Gasteiger partial charge is 0.484 e. The maximum atomic E-state index is 11.4. The molecule has 0 aliphatic carbocycles. The predicted octanol–water partition coefficient (Wildman–Crippen LogP) is 3.14. The number of aromatic amines is 1. The van der Waals surface area contributed by atoms with Gasteiger partial charge in [0.2, 0.25) is 0 Å². The van der Waals surface area contributed by atoms with Crippen LogP contribution >= 0.6 is 0 Å². The number of carbonyl (C=O) groups excluding carboxylic acids is 1. The molecule has 0 saturated carbocycles. The SMILES string of the molecule is CCNC(=O)COc1ccc(/C=C(\C#N)c2nc3ccccc3[nH]2)cc1. The fourth-order valence-electron chi connectivity index (χ4n) is 2.46. The molecular weight excluding hydrogens is 328 g/mol. The summed E-state index contributed by atoms with van der Waals surface area (Å²) in [5, 5.41) is 12.1. The van der Waals surface area contributed by atoms with E-state index in [1.54, 1.807) is 18.2 Å². The lowest BCUT2D eigenvalue weighted by Crippen LogP contribution is -2.28. The summed E-state index contributed by atoms with van der Waals surface area (Å²) in [6, 6.07) is 17.0. The molecule has 0 atom stereocenters. The van der Waals surface area contributed by atoms with Crippen LogP contribution < -0.4 is 10.1 Å². The van der Waals surface area contributed by atoms with Gasteiger partial charge in [-0.1, -0.05) is 24.3 Å². The van der Waals surface area contributed by atoms with Gasteiger partial charge in [0.05, 0.1) is 16.6 Å². The average molecular weight is 346 g/mol. The van der Waals surface area contributed by atoms with Crippen molar-refractivity contribution in [1.82, 2.24) is 15.3 Å². The van der Waals surface area contributed by atoms with E-state index in [2.05, 4.69) is 21.4 Å². The van der Waals surface area contributed by atoms with Crippen molar-refractivity contribution in [3.8, 4) is 11.8 Å². The van der Waals surface area contributed by atoms with Crippen molar-refractivity contribution < 1.29 is 9.53 Å². The smallest absolute Gasteiger partial charge is 0.257 e. The number of carbonyl (C=O) groups is 1. The summed E-state index contributed by atoms with van der Waals surface area (Å²) in [4.78, 5) is 19.0. The zero-order chi connectivity index (χ0) is 18.4. The molecule has 0 aliphatic rings. The first-order valence-electron chi connectivity index (χ1n) is 8.26. The Morgan fingerprint density at radius 3 is 2.73 bits per heavy atom. The number of rotatable bonds is 6. The molecule has 6 nitrogen and oxygen atoms in total. The Kier molecular flexibility index (Phi) is 5.30. The molecule has 26 heavy (non-hydrogen) atoms. The van der Waals surface area contributed by atoms with Gasteiger partial charge in [-0.15, -0.1) is 0 Å². The highest BCUT2D eigenvalue weighted by molar-refractivity contribution is 5.90. The molecular formula is C20H18N4O2. The maximum Gasteiger partial charge on any atom is 0.257 e. The zero-order valence-electron chi connectivity index (χ0n) is 14.3. The van der Waals surface area contributed by atoms with Crippen LogP contribution in [-0.4, -0.2) is 29.0 Å². The van der Waals surface area contributed by atoms with E-state index in [4.69, 9.17) is 4.74 Å². The monoisotopic (exact) mass is 346 g/mol. The second-order valence-electron chi connectivity index (χ2n) is 5.58. The summed E-state index contributed by atoms with van der Waals surface area (Å²) in [5.41, 5.74) is 2.99. The van der Waals surface area contributed by atoms with E-state index < -0.39 is 0 Å². The minimum Gasteiger partial charge on any atom is -0.484 e. The third-order valence-corrected chi connectivity index (χ3v) is 3.70. The van der Waals surface area contributed by atoms with Crippen LogP contribution in [-0.2, 0) is 4.79 Å². The zero-order valence-corrected chi connectivity index (χ0v) is 14.3. The number of hydrogen-bond acceptors (Lipinski definition) is 4. The lowest BCUT2D eigenvalue weighted by atomic mass is 10.1. The Morgan fingerprint density at radius 2 is 2.04 bits per heavy atom. The summed E-state index contributed by atoms with van der Waals surface area (Å²) in [5.74, 6) is 0.967. The molecule has 1 amide bonds. The van der Waals surface area contributed by atoms with Crippen LogP contribution in [0.1, 0.15) is 18.3 Å². The van der Waals surface area contributed by atoms with Gasteiger partial charge in [0.15, 0.2) is 6.61 Å². The minimum atomic E-state index is -0.159. The Labute approximate surface area is 151 Å². The number of nitrogens with one attached hydrogen (secondary N) is 2. The molecule has 0 unspecified atom stereocenters. The van der Waals surface area contributed by atoms with Gasteiger partial charge in [-0.25, -0.2) is 4.98 Å². The first kappa shape index (κ1) is 17.2. The number of ether oxygens (including phenoxy) is 1. The van der Waals surface area contributed by atoms with Gasteiger partial charge in [0, 0.05) is 6.54 Å². The number of hydrogen-bond donors (Lipinski definition) is 2. The first-order valence-corrected chi connectivity index (χ1v) is 8.26. The highest BCUT2D eigenvalue weighted by Gasteiger charge is 2.08. The van der Waals surface area contributed by atoms with Gasteiger partial charge >= 0.3 is 0 Å². The molecule has 3 rings (SSSR count). The minimum absolute atomic E-state index is 0.0224. The molecule has 6 heteroatoms. The molecule has 0 spiro atoms. The van der Waals surface area contributed by atoms with E-state index in [-0.39, 0.29) is 12.5 Å². The van der Waals surface area contributed by atoms with Crippen LogP contribution in [0.3, 0.4) is 0 Å². The number of fused-ring (bicyclic) bond motifs is 1. The fraction of sp³-hybridized carbons (Fsp3) is 0.150. The number of amides is 1. The number of imidazole rings is 1. The average Bonchev–Trinajstić information content (AvgIpc) is 3.09. The van der Waals surface area contributed by atoms with Crippen molar-refractivity contribution in [3.63, 3.8) is 0 Å². The standard InChI is InChI=1S/C20H18N4O2/c1-2-22-19(25)13-26-16-9-7-14(8-10-16)11-15(12-21)20-23-17-5-3-4-6-18(17)24-20/h3-11H,2,13H2,1H3,(H,22,25)(H,23,24)/b15-11+. The van der Waals surface area contributed by atoms with Gasteiger partial charge in [-0.2, -0.15) is 5.26 Å². The second kappa shape index (κ2) is 7.99. The summed E-state index contributed by atoms with van der Waals surface area (Å²) >= 11 is 0. The number of allylic oxidation sites excluding steroid dienone is 1. The number of nitriles is 1. The predicted molar refractivity (Wildman–Crippen MR) is 100 cm³/mol. The van der Waals surface area contributed by atoms with E-state index >= 15 is 0 Å². The van der Waals surface area contributed by atoms with Gasteiger partial charge in [-0.05, 0) is 42.8 Å². The van der Waals surface area contributed by atoms with E-state index in [0.29, 0.717) is 23.7 Å². The van der Waals surface area contributed by atoms with Crippen molar-refractivity contribution in [3.05, 3.63) is 59.9 Å². The third kappa shape index (κ3) is 4.08. The topological polar surface area (TPSA) is 90.8 Å². The van der Waals surface area contributed by atoms with Crippen molar-refractivity contribution >= 4 is 28.6 Å². The third-order valence-electron chi connectivity index (χ3n) is 3.70.